The van der Waals surface area contributed by atoms with Gasteiger partial charge in [-0.25, -0.2) is 0 Å². The highest BCUT2D eigenvalue weighted by Crippen LogP contribution is 2.33. The van der Waals surface area contributed by atoms with Crippen LogP contribution in [0.3, 0.4) is 0 Å². The minimum atomic E-state index is -0.632. The van der Waals surface area contributed by atoms with Crippen molar-refractivity contribution in [2.24, 2.45) is 5.92 Å². The summed E-state index contributed by atoms with van der Waals surface area (Å²) in [6.07, 6.45) is 1.63. The van der Waals surface area contributed by atoms with Gasteiger partial charge in [0.05, 0.1) is 18.4 Å². The standard InChI is InChI=1S/C23H28O5/c1-4-14(2)23(26)28-20-7-5-6-16-9-8-15(3)19(22(16)20)11-10-18-12-17(24)13-21(25)27-18/h5-9,14,17-18,24H,4,10-13H2,1-3H3. The summed E-state index contributed by atoms with van der Waals surface area (Å²) in [7, 11) is 0. The van der Waals surface area contributed by atoms with Crippen LogP contribution in [-0.4, -0.2) is 29.3 Å². The quantitative estimate of drug-likeness (QED) is 0.600. The normalized spacial score (nSPS) is 20.6. The summed E-state index contributed by atoms with van der Waals surface area (Å²) in [5, 5.41) is 11.8. The first kappa shape index (κ1) is 20.3. The van der Waals surface area contributed by atoms with Crippen LogP contribution in [0.1, 0.15) is 50.7 Å². The number of aliphatic hydroxyl groups excluding tert-OH is 1. The largest absolute Gasteiger partial charge is 0.462 e. The highest BCUT2D eigenvalue weighted by atomic mass is 16.5. The Labute approximate surface area is 165 Å². The predicted octanol–water partition coefficient (Wildman–Crippen LogP) is 4.10. The van der Waals surface area contributed by atoms with E-state index in [1.165, 1.54) is 0 Å². The summed E-state index contributed by atoms with van der Waals surface area (Å²) >= 11 is 0. The van der Waals surface area contributed by atoms with Crippen molar-refractivity contribution in [3.05, 3.63) is 41.5 Å². The average molecular weight is 384 g/mol. The molecule has 0 bridgehead atoms. The van der Waals surface area contributed by atoms with Crippen LogP contribution in [0.2, 0.25) is 0 Å². The molecule has 0 saturated carbocycles. The lowest BCUT2D eigenvalue weighted by Gasteiger charge is -2.26. The molecule has 1 saturated heterocycles. The van der Waals surface area contributed by atoms with Crippen LogP contribution in [-0.2, 0) is 20.7 Å². The van der Waals surface area contributed by atoms with E-state index in [-0.39, 0.29) is 30.4 Å². The second kappa shape index (κ2) is 8.74. The van der Waals surface area contributed by atoms with Gasteiger partial charge in [-0.1, -0.05) is 38.1 Å². The Morgan fingerprint density at radius 1 is 1.32 bits per heavy atom. The van der Waals surface area contributed by atoms with E-state index < -0.39 is 6.10 Å². The van der Waals surface area contributed by atoms with Gasteiger partial charge in [-0.3, -0.25) is 9.59 Å². The van der Waals surface area contributed by atoms with E-state index in [0.29, 0.717) is 25.0 Å². The van der Waals surface area contributed by atoms with Gasteiger partial charge in [0, 0.05) is 11.8 Å². The Kier molecular flexibility index (Phi) is 6.35. The number of carbonyl (C=O) groups is 2. The second-order valence-electron chi connectivity index (χ2n) is 7.69. The molecule has 5 nitrogen and oxygen atoms in total. The van der Waals surface area contributed by atoms with E-state index in [9.17, 15) is 14.7 Å². The molecule has 1 aliphatic rings. The first-order valence-electron chi connectivity index (χ1n) is 9.99. The average Bonchev–Trinajstić information content (AvgIpc) is 2.66. The fraction of sp³-hybridized carbons (Fsp3) is 0.478. The summed E-state index contributed by atoms with van der Waals surface area (Å²) in [6, 6.07) is 9.80. The highest BCUT2D eigenvalue weighted by Gasteiger charge is 2.27. The lowest BCUT2D eigenvalue weighted by atomic mass is 9.92. The third kappa shape index (κ3) is 4.53. The molecule has 0 radical (unpaired) electrons. The molecule has 1 heterocycles. The maximum Gasteiger partial charge on any atom is 0.314 e. The number of hydrogen-bond acceptors (Lipinski definition) is 5. The number of cyclic esters (lactones) is 1. The molecule has 3 rings (SSSR count). The van der Waals surface area contributed by atoms with Crippen molar-refractivity contribution in [2.45, 2.75) is 65.1 Å². The lowest BCUT2D eigenvalue weighted by molar-refractivity contribution is -0.160. The van der Waals surface area contributed by atoms with Crippen molar-refractivity contribution in [1.29, 1.82) is 0 Å². The molecule has 0 spiro atoms. The molecule has 150 valence electrons. The summed E-state index contributed by atoms with van der Waals surface area (Å²) in [5.74, 6) is -0.165. The minimum absolute atomic E-state index is 0.0690. The van der Waals surface area contributed by atoms with E-state index in [2.05, 4.69) is 6.07 Å². The maximum atomic E-state index is 12.4. The predicted molar refractivity (Wildman–Crippen MR) is 107 cm³/mol. The van der Waals surface area contributed by atoms with Crippen LogP contribution >= 0.6 is 0 Å². The number of ether oxygens (including phenoxy) is 2. The third-order valence-electron chi connectivity index (χ3n) is 5.53. The van der Waals surface area contributed by atoms with Gasteiger partial charge in [0.25, 0.3) is 0 Å². The van der Waals surface area contributed by atoms with Gasteiger partial charge >= 0.3 is 11.9 Å². The smallest absolute Gasteiger partial charge is 0.314 e. The van der Waals surface area contributed by atoms with Crippen LogP contribution in [0.15, 0.2) is 30.3 Å². The zero-order valence-corrected chi connectivity index (χ0v) is 16.7. The molecular weight excluding hydrogens is 356 g/mol. The van der Waals surface area contributed by atoms with Gasteiger partial charge in [0.15, 0.2) is 0 Å². The number of hydrogen-bond donors (Lipinski definition) is 1. The van der Waals surface area contributed by atoms with Crippen molar-refractivity contribution < 1.29 is 24.2 Å². The Morgan fingerprint density at radius 2 is 2.11 bits per heavy atom. The van der Waals surface area contributed by atoms with Gasteiger partial charge in [-0.05, 0) is 48.8 Å². The molecule has 3 atom stereocenters. The molecule has 5 heteroatoms. The van der Waals surface area contributed by atoms with Crippen molar-refractivity contribution in [3.63, 3.8) is 0 Å². The Bertz CT molecular complexity index is 873. The molecule has 28 heavy (non-hydrogen) atoms. The number of rotatable bonds is 6. The van der Waals surface area contributed by atoms with Crippen LogP contribution in [0.25, 0.3) is 10.8 Å². The third-order valence-corrected chi connectivity index (χ3v) is 5.53. The fourth-order valence-electron chi connectivity index (χ4n) is 3.65. The summed E-state index contributed by atoms with van der Waals surface area (Å²) < 4.78 is 11.1. The first-order chi connectivity index (χ1) is 13.4. The van der Waals surface area contributed by atoms with Gasteiger partial charge in [-0.15, -0.1) is 0 Å². The van der Waals surface area contributed by atoms with Crippen LogP contribution < -0.4 is 4.74 Å². The van der Waals surface area contributed by atoms with E-state index >= 15 is 0 Å². The molecule has 1 N–H and O–H groups in total. The Morgan fingerprint density at radius 3 is 2.82 bits per heavy atom. The topological polar surface area (TPSA) is 72.8 Å². The molecule has 0 aromatic heterocycles. The number of aryl methyl sites for hydroxylation is 2. The summed E-state index contributed by atoms with van der Waals surface area (Å²) in [6.45, 7) is 5.86. The van der Waals surface area contributed by atoms with E-state index in [1.54, 1.807) is 0 Å². The first-order valence-corrected chi connectivity index (χ1v) is 9.99. The SMILES string of the molecule is CCC(C)C(=O)Oc1cccc2ccc(C)c(CCC3CC(O)CC(=O)O3)c12. The van der Waals surface area contributed by atoms with Gasteiger partial charge in [0.1, 0.15) is 11.9 Å². The van der Waals surface area contributed by atoms with Crippen molar-refractivity contribution in [1.82, 2.24) is 0 Å². The maximum absolute atomic E-state index is 12.4. The van der Waals surface area contributed by atoms with Gasteiger partial charge in [-0.2, -0.15) is 0 Å². The van der Waals surface area contributed by atoms with Crippen molar-refractivity contribution in [2.75, 3.05) is 0 Å². The number of esters is 2. The molecular formula is C23H28O5. The zero-order chi connectivity index (χ0) is 20.3. The lowest BCUT2D eigenvalue weighted by Crippen LogP contribution is -2.32. The Balaban J connectivity index is 1.89. The van der Waals surface area contributed by atoms with Crippen LogP contribution in [0, 0.1) is 12.8 Å². The minimum Gasteiger partial charge on any atom is -0.462 e. The fourth-order valence-corrected chi connectivity index (χ4v) is 3.65. The summed E-state index contributed by atoms with van der Waals surface area (Å²) in [5.41, 5.74) is 2.18. The Hall–Kier alpha value is -2.40. The molecule has 2 aromatic carbocycles. The highest BCUT2D eigenvalue weighted by molar-refractivity contribution is 5.94. The van der Waals surface area contributed by atoms with Crippen molar-refractivity contribution >= 4 is 22.7 Å². The van der Waals surface area contributed by atoms with Crippen LogP contribution in [0.5, 0.6) is 5.75 Å². The van der Waals surface area contributed by atoms with E-state index in [4.69, 9.17) is 9.47 Å². The second-order valence-corrected chi connectivity index (χ2v) is 7.69. The monoisotopic (exact) mass is 384 g/mol. The molecule has 0 aliphatic carbocycles. The zero-order valence-electron chi connectivity index (χ0n) is 16.7. The van der Waals surface area contributed by atoms with E-state index in [1.807, 2.05) is 45.0 Å². The number of benzene rings is 2. The number of fused-ring (bicyclic) bond motifs is 1. The van der Waals surface area contributed by atoms with E-state index in [0.717, 1.165) is 28.3 Å². The van der Waals surface area contributed by atoms with Crippen molar-refractivity contribution in [3.8, 4) is 5.75 Å². The molecule has 1 aliphatic heterocycles. The van der Waals surface area contributed by atoms with Gasteiger partial charge in [0.2, 0.25) is 0 Å². The van der Waals surface area contributed by atoms with Crippen LogP contribution in [0.4, 0.5) is 0 Å². The van der Waals surface area contributed by atoms with Gasteiger partial charge < -0.3 is 14.6 Å². The molecule has 1 fully saturated rings. The number of aliphatic hydroxyl groups is 1. The molecule has 2 aromatic rings. The molecule has 3 unspecified atom stereocenters. The number of carbonyl (C=O) groups excluding carboxylic acids is 2. The molecule has 0 amide bonds. The summed E-state index contributed by atoms with van der Waals surface area (Å²) in [4.78, 5) is 24.0.